The molecule has 3 heterocycles. The maximum Gasteiger partial charge on any atom is 0.281 e. The number of nitrogens with one attached hydrogen (secondary N) is 2. The van der Waals surface area contributed by atoms with Gasteiger partial charge >= 0.3 is 0 Å². The van der Waals surface area contributed by atoms with Crippen molar-refractivity contribution in [2.24, 2.45) is 0 Å². The van der Waals surface area contributed by atoms with E-state index in [1.165, 1.54) is 0 Å². The molecule has 0 spiro atoms. The predicted octanol–water partition coefficient (Wildman–Crippen LogP) is 0.00150. The van der Waals surface area contributed by atoms with Gasteiger partial charge in [-0.05, 0) is 19.4 Å². The Bertz CT molecular complexity index is 610. The zero-order chi connectivity index (χ0) is 12.5. The van der Waals surface area contributed by atoms with Crippen molar-refractivity contribution >= 4 is 11.2 Å². The van der Waals surface area contributed by atoms with Crippen LogP contribution >= 0.6 is 0 Å². The van der Waals surface area contributed by atoms with Crippen LogP contribution in [0.1, 0.15) is 31.6 Å². The Morgan fingerprint density at radius 1 is 1.50 bits per heavy atom. The van der Waals surface area contributed by atoms with Gasteiger partial charge in [-0.3, -0.25) is 4.79 Å². The van der Waals surface area contributed by atoms with Gasteiger partial charge in [-0.25, -0.2) is 9.67 Å². The number of hydrogen-bond donors (Lipinski definition) is 2. The first-order valence-electron chi connectivity index (χ1n) is 6.34. The maximum absolute atomic E-state index is 11.8. The molecular formula is C11H16N6O. The van der Waals surface area contributed by atoms with Crippen LogP contribution in [0.3, 0.4) is 0 Å². The first-order valence-corrected chi connectivity index (χ1v) is 6.34. The fourth-order valence-corrected chi connectivity index (χ4v) is 2.34. The van der Waals surface area contributed by atoms with Crippen LogP contribution in [0.25, 0.3) is 11.2 Å². The van der Waals surface area contributed by atoms with Crippen molar-refractivity contribution in [3.05, 3.63) is 16.2 Å². The van der Waals surface area contributed by atoms with Crippen molar-refractivity contribution < 1.29 is 0 Å². The van der Waals surface area contributed by atoms with Crippen LogP contribution in [0.4, 0.5) is 0 Å². The lowest BCUT2D eigenvalue weighted by atomic mass is 10.1. The Morgan fingerprint density at radius 2 is 2.39 bits per heavy atom. The summed E-state index contributed by atoms with van der Waals surface area (Å²) in [7, 11) is 0. The predicted molar refractivity (Wildman–Crippen MR) is 66.5 cm³/mol. The third-order valence-electron chi connectivity index (χ3n) is 3.34. The van der Waals surface area contributed by atoms with Gasteiger partial charge in [0.25, 0.3) is 5.56 Å². The minimum absolute atomic E-state index is 0.202. The molecule has 7 heteroatoms. The topological polar surface area (TPSA) is 88.5 Å². The number of fused-ring (bicyclic) bond motifs is 1. The first-order chi connectivity index (χ1) is 8.79. The number of piperidine rings is 1. The third-order valence-corrected chi connectivity index (χ3v) is 3.34. The Labute approximate surface area is 104 Å². The highest BCUT2D eigenvalue weighted by Gasteiger charge is 2.20. The van der Waals surface area contributed by atoms with Crippen LogP contribution in [0.5, 0.6) is 0 Å². The highest BCUT2D eigenvalue weighted by atomic mass is 16.1. The molecule has 1 aliphatic heterocycles. The van der Waals surface area contributed by atoms with Gasteiger partial charge in [0.2, 0.25) is 0 Å². The van der Waals surface area contributed by atoms with Crippen molar-refractivity contribution in [2.75, 3.05) is 13.1 Å². The molecule has 0 unspecified atom stereocenters. The minimum atomic E-state index is -0.202. The molecule has 3 rings (SSSR count). The second kappa shape index (κ2) is 4.49. The summed E-state index contributed by atoms with van der Waals surface area (Å²) in [5.41, 5.74) is 0.731. The molecule has 2 aromatic heterocycles. The third kappa shape index (κ3) is 1.80. The van der Waals surface area contributed by atoms with Crippen LogP contribution in [0.2, 0.25) is 0 Å². The second-order valence-corrected chi connectivity index (χ2v) is 4.57. The van der Waals surface area contributed by atoms with Crippen LogP contribution in [-0.4, -0.2) is 38.1 Å². The van der Waals surface area contributed by atoms with E-state index in [0.717, 1.165) is 25.9 Å². The van der Waals surface area contributed by atoms with Gasteiger partial charge in [-0.1, -0.05) is 12.1 Å². The standard InChI is InChI=1S/C11H16N6O/c1-2-8-13-10-9(11(18)14-8)15-16-17(10)7-4-3-5-12-6-7/h7,12H,2-6H2,1H3,(H,13,14,18)/t7-/m1/s1. The van der Waals surface area contributed by atoms with E-state index in [-0.39, 0.29) is 11.6 Å². The maximum atomic E-state index is 11.8. The zero-order valence-electron chi connectivity index (χ0n) is 10.3. The minimum Gasteiger partial charge on any atom is -0.315 e. The molecule has 1 fully saturated rings. The summed E-state index contributed by atoms with van der Waals surface area (Å²) in [5.74, 6) is 0.680. The van der Waals surface area contributed by atoms with Gasteiger partial charge in [0.1, 0.15) is 5.82 Å². The quantitative estimate of drug-likeness (QED) is 0.781. The van der Waals surface area contributed by atoms with Crippen molar-refractivity contribution in [1.29, 1.82) is 0 Å². The average Bonchev–Trinajstić information content (AvgIpc) is 2.84. The van der Waals surface area contributed by atoms with Crippen LogP contribution < -0.4 is 10.9 Å². The highest BCUT2D eigenvalue weighted by molar-refractivity contribution is 5.68. The molecule has 7 nitrogen and oxygen atoms in total. The number of aryl methyl sites for hydroxylation is 1. The van der Waals surface area contributed by atoms with Gasteiger partial charge in [0, 0.05) is 13.0 Å². The summed E-state index contributed by atoms with van der Waals surface area (Å²) in [4.78, 5) is 19.0. The van der Waals surface area contributed by atoms with E-state index in [1.807, 2.05) is 6.92 Å². The molecule has 1 atom stereocenters. The smallest absolute Gasteiger partial charge is 0.281 e. The van der Waals surface area contributed by atoms with Crippen molar-refractivity contribution in [2.45, 2.75) is 32.2 Å². The lowest BCUT2D eigenvalue weighted by Crippen LogP contribution is -2.32. The van der Waals surface area contributed by atoms with Crippen LogP contribution in [0, 0.1) is 0 Å². The average molecular weight is 248 g/mol. The molecule has 0 saturated carbocycles. The Balaban J connectivity index is 2.12. The summed E-state index contributed by atoms with van der Waals surface area (Å²) < 4.78 is 1.79. The van der Waals surface area contributed by atoms with Crippen LogP contribution in [-0.2, 0) is 6.42 Å². The summed E-state index contributed by atoms with van der Waals surface area (Å²) in [6, 6.07) is 0.239. The molecule has 1 saturated heterocycles. The summed E-state index contributed by atoms with van der Waals surface area (Å²) in [5, 5.41) is 11.4. The molecule has 0 amide bonds. The van der Waals surface area contributed by atoms with Crippen molar-refractivity contribution in [3.63, 3.8) is 0 Å². The van der Waals surface area contributed by atoms with Gasteiger partial charge in [0.15, 0.2) is 11.2 Å². The molecule has 0 aromatic carbocycles. The summed E-state index contributed by atoms with van der Waals surface area (Å²) >= 11 is 0. The number of aromatic nitrogens is 5. The number of hydrogen-bond acceptors (Lipinski definition) is 5. The van der Waals surface area contributed by atoms with E-state index in [1.54, 1.807) is 4.68 Å². The second-order valence-electron chi connectivity index (χ2n) is 4.57. The molecule has 2 N–H and O–H groups in total. The van der Waals surface area contributed by atoms with E-state index in [4.69, 9.17) is 0 Å². The summed E-state index contributed by atoms with van der Waals surface area (Å²) in [6.45, 7) is 3.85. The number of aromatic amines is 1. The van der Waals surface area contributed by atoms with Gasteiger partial charge < -0.3 is 10.3 Å². The van der Waals surface area contributed by atoms with Gasteiger partial charge in [-0.2, -0.15) is 0 Å². The highest BCUT2D eigenvalue weighted by Crippen LogP contribution is 2.18. The van der Waals surface area contributed by atoms with E-state index >= 15 is 0 Å². The molecule has 0 radical (unpaired) electrons. The van der Waals surface area contributed by atoms with Crippen molar-refractivity contribution in [1.82, 2.24) is 30.3 Å². The Hall–Kier alpha value is -1.76. The summed E-state index contributed by atoms with van der Waals surface area (Å²) in [6.07, 6.45) is 2.84. The van der Waals surface area contributed by atoms with E-state index in [2.05, 4.69) is 25.6 Å². The normalized spacial score (nSPS) is 20.4. The number of nitrogens with zero attached hydrogens (tertiary/aromatic N) is 4. The molecular weight excluding hydrogens is 232 g/mol. The van der Waals surface area contributed by atoms with Gasteiger partial charge in [0.05, 0.1) is 6.04 Å². The van der Waals surface area contributed by atoms with Crippen LogP contribution in [0.15, 0.2) is 4.79 Å². The SMILES string of the molecule is CCc1nc2c(nnn2[C@@H]2CCCNC2)c(=O)[nH]1. The number of rotatable bonds is 2. The Kier molecular flexibility index (Phi) is 2.83. The molecule has 18 heavy (non-hydrogen) atoms. The van der Waals surface area contributed by atoms with E-state index in [9.17, 15) is 4.79 Å². The fourth-order valence-electron chi connectivity index (χ4n) is 2.34. The molecule has 1 aliphatic rings. The Morgan fingerprint density at radius 3 is 3.11 bits per heavy atom. The zero-order valence-corrected chi connectivity index (χ0v) is 10.3. The lowest BCUT2D eigenvalue weighted by molar-refractivity contribution is 0.347. The molecule has 0 bridgehead atoms. The first kappa shape index (κ1) is 11.3. The monoisotopic (exact) mass is 248 g/mol. The van der Waals surface area contributed by atoms with E-state index < -0.39 is 0 Å². The number of H-pyrrole nitrogens is 1. The molecule has 2 aromatic rings. The van der Waals surface area contributed by atoms with Crippen molar-refractivity contribution in [3.8, 4) is 0 Å². The van der Waals surface area contributed by atoms with Gasteiger partial charge in [-0.15, -0.1) is 5.10 Å². The lowest BCUT2D eigenvalue weighted by Gasteiger charge is -2.22. The molecule has 0 aliphatic carbocycles. The fraction of sp³-hybridized carbons (Fsp3) is 0.636. The largest absolute Gasteiger partial charge is 0.315 e. The van der Waals surface area contributed by atoms with E-state index in [0.29, 0.717) is 23.4 Å². The molecule has 96 valence electrons.